The first-order valence-electron chi connectivity index (χ1n) is 21.9. The zero-order valence-corrected chi connectivity index (χ0v) is 35.5. The Morgan fingerprint density at radius 3 is 1.88 bits per heavy atom. The van der Waals surface area contributed by atoms with Gasteiger partial charge in [0, 0.05) is 31.4 Å². The molecule has 0 fully saturated rings. The monoisotopic (exact) mass is 820 g/mol. The van der Waals surface area contributed by atoms with Crippen LogP contribution in [-0.4, -0.2) is 73.9 Å². The molecule has 1 atom stereocenters. The lowest BCUT2D eigenvalue weighted by molar-refractivity contribution is -0.144. The molecule has 12 nitrogen and oxygen atoms in total. The molecule has 3 amide bonds. The highest BCUT2D eigenvalue weighted by Gasteiger charge is 2.23. The highest BCUT2D eigenvalue weighted by atomic mass is 16.5. The average molecular weight is 820 g/mol. The molecule has 0 saturated heterocycles. The summed E-state index contributed by atoms with van der Waals surface area (Å²) in [6.45, 7) is 2.81. The number of hydrogen-bond acceptors (Lipinski definition) is 8. The number of phenols is 1. The fourth-order valence-electron chi connectivity index (χ4n) is 7.02. The number of unbranched alkanes of at least 4 members (excludes halogenated alkanes) is 15. The standard InChI is InChI=1S/C47H69N3O9/c1-3-4-5-6-7-8-9-10-11-12-13-14-15-16-17-18-22-38(47(55)56)33-42(51)48-28-29-50-46(54)44-41(32-37-21-19-20-23-40(37)45(44)53)59-35-43(52)49-30-31-58-34-36-24-26-39(57-2)27-25-36/h19-21,23-27,32,38,53H,3-18,22,28-31,33-35H2,1-2H3,(H,48,51)(H,49,52)(H,50,54)(H,55,56). The number of carboxylic acid groups (broad SMARTS) is 1. The van der Waals surface area contributed by atoms with Crippen molar-refractivity contribution in [3.8, 4) is 17.2 Å². The Kier molecular flexibility index (Phi) is 24.2. The Morgan fingerprint density at radius 1 is 0.695 bits per heavy atom. The predicted molar refractivity (Wildman–Crippen MR) is 232 cm³/mol. The fraction of sp³-hybridized carbons (Fsp3) is 0.574. The molecule has 0 aromatic heterocycles. The van der Waals surface area contributed by atoms with Gasteiger partial charge in [-0.1, -0.05) is 146 Å². The van der Waals surface area contributed by atoms with Gasteiger partial charge in [0.05, 0.1) is 26.2 Å². The molecule has 0 radical (unpaired) electrons. The Morgan fingerprint density at radius 2 is 1.27 bits per heavy atom. The topological polar surface area (TPSA) is 173 Å². The summed E-state index contributed by atoms with van der Waals surface area (Å²) in [7, 11) is 1.60. The van der Waals surface area contributed by atoms with Gasteiger partial charge in [-0.15, -0.1) is 0 Å². The molecule has 0 aliphatic heterocycles. The molecule has 0 saturated carbocycles. The van der Waals surface area contributed by atoms with Crippen molar-refractivity contribution in [1.82, 2.24) is 16.0 Å². The van der Waals surface area contributed by atoms with E-state index in [9.17, 15) is 29.4 Å². The first-order valence-corrected chi connectivity index (χ1v) is 21.9. The van der Waals surface area contributed by atoms with Crippen molar-refractivity contribution in [1.29, 1.82) is 0 Å². The van der Waals surface area contributed by atoms with E-state index in [1.54, 1.807) is 37.4 Å². The lowest BCUT2D eigenvalue weighted by atomic mass is 9.96. The first-order chi connectivity index (χ1) is 28.7. The van der Waals surface area contributed by atoms with Gasteiger partial charge >= 0.3 is 5.97 Å². The molecule has 3 rings (SSSR count). The quantitative estimate of drug-likeness (QED) is 0.0377. The summed E-state index contributed by atoms with van der Waals surface area (Å²) >= 11 is 0. The van der Waals surface area contributed by atoms with Crippen LogP contribution in [0.1, 0.15) is 138 Å². The molecule has 59 heavy (non-hydrogen) atoms. The number of rotatable bonds is 33. The molecule has 3 aromatic rings. The lowest BCUT2D eigenvalue weighted by Crippen LogP contribution is -2.36. The lowest BCUT2D eigenvalue weighted by Gasteiger charge is -2.16. The van der Waals surface area contributed by atoms with Crippen molar-refractivity contribution in [3.63, 3.8) is 0 Å². The van der Waals surface area contributed by atoms with Gasteiger partial charge in [0.2, 0.25) is 5.91 Å². The van der Waals surface area contributed by atoms with E-state index in [4.69, 9.17) is 14.2 Å². The average Bonchev–Trinajstić information content (AvgIpc) is 3.23. The van der Waals surface area contributed by atoms with Gasteiger partial charge in [-0.05, 0) is 35.6 Å². The van der Waals surface area contributed by atoms with Crippen LogP contribution in [0.25, 0.3) is 10.8 Å². The number of amides is 3. The van der Waals surface area contributed by atoms with E-state index < -0.39 is 36.2 Å². The van der Waals surface area contributed by atoms with Crippen LogP contribution in [0, 0.1) is 5.92 Å². The van der Waals surface area contributed by atoms with Crippen molar-refractivity contribution < 1.29 is 43.6 Å². The number of nitrogens with one attached hydrogen (secondary N) is 3. The van der Waals surface area contributed by atoms with Crippen molar-refractivity contribution >= 4 is 34.5 Å². The van der Waals surface area contributed by atoms with Crippen LogP contribution in [0.15, 0.2) is 54.6 Å². The largest absolute Gasteiger partial charge is 0.506 e. The molecule has 1 unspecified atom stereocenters. The molecular formula is C47H69N3O9. The van der Waals surface area contributed by atoms with Gasteiger partial charge < -0.3 is 40.4 Å². The first kappa shape index (κ1) is 48.5. The number of hydrogen-bond donors (Lipinski definition) is 5. The molecule has 0 spiro atoms. The third-order valence-corrected chi connectivity index (χ3v) is 10.5. The Hall–Kier alpha value is -4.84. The van der Waals surface area contributed by atoms with Crippen LogP contribution in [0.5, 0.6) is 17.2 Å². The number of aromatic hydroxyl groups is 1. The summed E-state index contributed by atoms with van der Waals surface area (Å²) in [5.74, 6) is -2.78. The van der Waals surface area contributed by atoms with Crippen LogP contribution in [0.4, 0.5) is 0 Å². The van der Waals surface area contributed by atoms with Gasteiger partial charge in [-0.3, -0.25) is 19.2 Å². The van der Waals surface area contributed by atoms with E-state index in [1.165, 1.54) is 77.0 Å². The van der Waals surface area contributed by atoms with E-state index in [2.05, 4.69) is 22.9 Å². The second-order valence-corrected chi connectivity index (χ2v) is 15.3. The minimum atomic E-state index is -0.986. The van der Waals surface area contributed by atoms with Crippen molar-refractivity contribution in [2.45, 2.75) is 129 Å². The molecule has 0 bridgehead atoms. The number of carbonyl (C=O) groups excluding carboxylic acids is 3. The number of phenolic OH excluding ortho intramolecular Hbond substituents is 1. The van der Waals surface area contributed by atoms with E-state index in [0.29, 0.717) is 23.8 Å². The molecule has 0 heterocycles. The third kappa shape index (κ3) is 19.6. The minimum absolute atomic E-state index is 0.0180. The molecule has 5 N–H and O–H groups in total. The van der Waals surface area contributed by atoms with Gasteiger partial charge in [0.15, 0.2) is 6.61 Å². The van der Waals surface area contributed by atoms with Crippen LogP contribution >= 0.6 is 0 Å². The molecule has 0 aliphatic carbocycles. The third-order valence-electron chi connectivity index (χ3n) is 10.5. The van der Waals surface area contributed by atoms with Crippen LogP contribution < -0.4 is 25.4 Å². The SMILES string of the molecule is CCCCCCCCCCCCCCCCCCC(CC(=O)NCCNC(=O)c1c(OCC(=O)NCCOCc2ccc(OC)cc2)cc2ccccc2c1O)C(=O)O. The van der Waals surface area contributed by atoms with Gasteiger partial charge in [-0.2, -0.15) is 0 Å². The zero-order chi connectivity index (χ0) is 42.5. The highest BCUT2D eigenvalue weighted by Crippen LogP contribution is 2.36. The molecule has 0 aliphatic rings. The second kappa shape index (κ2) is 29.4. The summed E-state index contributed by atoms with van der Waals surface area (Å²) in [6.07, 6.45) is 20.2. The summed E-state index contributed by atoms with van der Waals surface area (Å²) in [6, 6.07) is 16.0. The van der Waals surface area contributed by atoms with E-state index >= 15 is 0 Å². The Bertz CT molecular complexity index is 1680. The fourth-order valence-corrected chi connectivity index (χ4v) is 7.02. The maximum Gasteiger partial charge on any atom is 0.307 e. The maximum atomic E-state index is 13.3. The van der Waals surface area contributed by atoms with E-state index in [0.717, 1.165) is 37.0 Å². The number of aliphatic carboxylic acids is 1. The molecule has 326 valence electrons. The number of fused-ring (bicyclic) bond motifs is 1. The Balaban J connectivity index is 1.33. The van der Waals surface area contributed by atoms with Crippen molar-refractivity contribution in [2.75, 3.05) is 40.0 Å². The smallest absolute Gasteiger partial charge is 0.307 e. The normalized spacial score (nSPS) is 11.6. The van der Waals surface area contributed by atoms with Crippen molar-refractivity contribution in [3.05, 3.63) is 65.7 Å². The second-order valence-electron chi connectivity index (χ2n) is 15.3. The number of benzene rings is 3. The number of ether oxygens (including phenoxy) is 3. The zero-order valence-electron chi connectivity index (χ0n) is 35.5. The van der Waals surface area contributed by atoms with Gasteiger partial charge in [-0.25, -0.2) is 0 Å². The highest BCUT2D eigenvalue weighted by molar-refractivity contribution is 6.06. The number of carbonyl (C=O) groups is 4. The number of carboxylic acids is 1. The summed E-state index contributed by atoms with van der Waals surface area (Å²) < 4.78 is 16.5. The van der Waals surface area contributed by atoms with Crippen LogP contribution in [-0.2, 0) is 25.7 Å². The maximum absolute atomic E-state index is 13.3. The summed E-state index contributed by atoms with van der Waals surface area (Å²) in [5.41, 5.74) is 0.822. The summed E-state index contributed by atoms with van der Waals surface area (Å²) in [4.78, 5) is 50.5. The Labute approximate surface area is 351 Å². The van der Waals surface area contributed by atoms with Crippen LogP contribution in [0.2, 0.25) is 0 Å². The number of methoxy groups -OCH3 is 1. The van der Waals surface area contributed by atoms with Gasteiger partial charge in [0.25, 0.3) is 11.8 Å². The molecular weight excluding hydrogens is 751 g/mol. The minimum Gasteiger partial charge on any atom is -0.506 e. The van der Waals surface area contributed by atoms with Crippen LogP contribution in [0.3, 0.4) is 0 Å². The van der Waals surface area contributed by atoms with E-state index in [1.807, 2.05) is 24.3 Å². The summed E-state index contributed by atoms with van der Waals surface area (Å²) in [5, 5.41) is 30.0. The van der Waals surface area contributed by atoms with Crippen molar-refractivity contribution in [2.24, 2.45) is 5.92 Å². The predicted octanol–water partition coefficient (Wildman–Crippen LogP) is 8.85. The van der Waals surface area contributed by atoms with Gasteiger partial charge in [0.1, 0.15) is 22.8 Å². The molecule has 12 heteroatoms. The van der Waals surface area contributed by atoms with E-state index in [-0.39, 0.29) is 49.7 Å². The molecule has 3 aromatic carbocycles.